The molecule has 0 atom stereocenters. The molecule has 3 amide bonds. The molecule has 3 aromatic rings. The highest BCUT2D eigenvalue weighted by molar-refractivity contribution is 6.06. The lowest BCUT2D eigenvalue weighted by atomic mass is 10.1. The molecule has 1 aliphatic carbocycles. The van der Waals surface area contributed by atoms with Crippen LogP contribution in [0.1, 0.15) is 28.8 Å². The minimum absolute atomic E-state index is 0.178. The minimum Gasteiger partial charge on any atom is -0.489 e. The van der Waals surface area contributed by atoms with E-state index < -0.39 is 6.03 Å². The zero-order chi connectivity index (χ0) is 21.5. The lowest BCUT2D eigenvalue weighted by molar-refractivity contribution is 0.0952. The van der Waals surface area contributed by atoms with Gasteiger partial charge in [0.15, 0.2) is 0 Å². The van der Waals surface area contributed by atoms with E-state index in [-0.39, 0.29) is 5.91 Å². The standard InChI is InChI=1S/C25H25N3O3/c29-24(26-16-18-10-11-18)22-8-4-5-9-23(22)28-25(30)27-20-12-14-21(15-13-20)31-17-19-6-2-1-3-7-19/h1-9,12-15,18H,10-11,16-17H2,(H,26,29)(H2,27,28,30). The van der Waals surface area contributed by atoms with Gasteiger partial charge in [-0.15, -0.1) is 0 Å². The molecule has 31 heavy (non-hydrogen) atoms. The fraction of sp³-hybridized carbons (Fsp3) is 0.200. The first-order valence-corrected chi connectivity index (χ1v) is 10.4. The Morgan fingerprint density at radius 3 is 2.29 bits per heavy atom. The lowest BCUT2D eigenvalue weighted by Gasteiger charge is -2.12. The molecular weight excluding hydrogens is 390 g/mol. The largest absolute Gasteiger partial charge is 0.489 e. The fourth-order valence-corrected chi connectivity index (χ4v) is 3.10. The molecular formula is C25H25N3O3. The molecule has 0 heterocycles. The molecule has 0 aliphatic heterocycles. The number of rotatable bonds is 8. The Kier molecular flexibility index (Phi) is 6.47. The van der Waals surface area contributed by atoms with Crippen LogP contribution in [0, 0.1) is 5.92 Å². The Hall–Kier alpha value is -3.80. The maximum Gasteiger partial charge on any atom is 0.323 e. The van der Waals surface area contributed by atoms with Gasteiger partial charge in [-0.1, -0.05) is 42.5 Å². The molecule has 1 saturated carbocycles. The number of urea groups is 1. The van der Waals surface area contributed by atoms with Gasteiger partial charge in [0.25, 0.3) is 5.91 Å². The summed E-state index contributed by atoms with van der Waals surface area (Å²) in [6, 6.07) is 23.6. The smallest absolute Gasteiger partial charge is 0.323 e. The molecule has 158 valence electrons. The van der Waals surface area contributed by atoms with Gasteiger partial charge < -0.3 is 20.7 Å². The van der Waals surface area contributed by atoms with Crippen LogP contribution >= 0.6 is 0 Å². The number of carbonyl (C=O) groups is 2. The van der Waals surface area contributed by atoms with Crippen LogP contribution in [0.4, 0.5) is 16.2 Å². The number of hydrogen-bond donors (Lipinski definition) is 3. The molecule has 0 bridgehead atoms. The van der Waals surface area contributed by atoms with Gasteiger partial charge in [-0.2, -0.15) is 0 Å². The summed E-state index contributed by atoms with van der Waals surface area (Å²) < 4.78 is 5.76. The number of anilines is 2. The van der Waals surface area contributed by atoms with E-state index in [1.807, 2.05) is 30.3 Å². The van der Waals surface area contributed by atoms with Gasteiger partial charge in [0.2, 0.25) is 0 Å². The molecule has 1 fully saturated rings. The minimum atomic E-state index is -0.416. The van der Waals surface area contributed by atoms with Crippen molar-refractivity contribution in [3.05, 3.63) is 90.0 Å². The molecule has 0 saturated heterocycles. The SMILES string of the molecule is O=C(Nc1ccc(OCc2ccccc2)cc1)Nc1ccccc1C(=O)NCC1CC1. The van der Waals surface area contributed by atoms with E-state index in [0.29, 0.717) is 41.8 Å². The Morgan fingerprint density at radius 1 is 0.839 bits per heavy atom. The van der Waals surface area contributed by atoms with Crippen LogP contribution < -0.4 is 20.7 Å². The highest BCUT2D eigenvalue weighted by Gasteiger charge is 2.22. The number of para-hydroxylation sites is 1. The third-order valence-corrected chi connectivity index (χ3v) is 5.03. The zero-order valence-corrected chi connectivity index (χ0v) is 17.1. The van der Waals surface area contributed by atoms with Crippen LogP contribution in [0.15, 0.2) is 78.9 Å². The van der Waals surface area contributed by atoms with Crippen molar-refractivity contribution >= 4 is 23.3 Å². The van der Waals surface area contributed by atoms with Gasteiger partial charge >= 0.3 is 6.03 Å². The second-order valence-electron chi connectivity index (χ2n) is 7.58. The molecule has 0 aromatic heterocycles. The number of hydrogen-bond acceptors (Lipinski definition) is 3. The topological polar surface area (TPSA) is 79.5 Å². The monoisotopic (exact) mass is 415 g/mol. The Morgan fingerprint density at radius 2 is 1.55 bits per heavy atom. The van der Waals surface area contributed by atoms with Gasteiger partial charge in [0.05, 0.1) is 11.3 Å². The van der Waals surface area contributed by atoms with Crippen LogP contribution in [0.2, 0.25) is 0 Å². The first-order valence-electron chi connectivity index (χ1n) is 10.4. The van der Waals surface area contributed by atoms with Crippen molar-refractivity contribution in [3.8, 4) is 5.75 Å². The van der Waals surface area contributed by atoms with E-state index in [9.17, 15) is 9.59 Å². The molecule has 0 radical (unpaired) electrons. The summed E-state index contributed by atoms with van der Waals surface area (Å²) in [5.41, 5.74) is 2.63. The third kappa shape index (κ3) is 6.09. The van der Waals surface area contributed by atoms with E-state index in [4.69, 9.17) is 4.74 Å². The van der Waals surface area contributed by atoms with E-state index in [0.717, 1.165) is 5.56 Å². The summed E-state index contributed by atoms with van der Waals surface area (Å²) in [6.07, 6.45) is 2.33. The Balaban J connectivity index is 1.31. The van der Waals surface area contributed by atoms with Gasteiger partial charge in [-0.05, 0) is 60.7 Å². The van der Waals surface area contributed by atoms with Crippen molar-refractivity contribution in [1.29, 1.82) is 0 Å². The van der Waals surface area contributed by atoms with Gasteiger partial charge in [0, 0.05) is 12.2 Å². The van der Waals surface area contributed by atoms with Gasteiger partial charge in [-0.25, -0.2) is 4.79 Å². The molecule has 6 nitrogen and oxygen atoms in total. The number of ether oxygens (including phenoxy) is 1. The number of benzene rings is 3. The zero-order valence-electron chi connectivity index (χ0n) is 17.1. The summed E-state index contributed by atoms with van der Waals surface area (Å²) in [5.74, 6) is 1.13. The maximum atomic E-state index is 12.4. The molecule has 6 heteroatoms. The van der Waals surface area contributed by atoms with Crippen molar-refractivity contribution in [1.82, 2.24) is 5.32 Å². The first-order chi connectivity index (χ1) is 15.2. The molecule has 3 N–H and O–H groups in total. The summed E-state index contributed by atoms with van der Waals surface area (Å²) >= 11 is 0. The molecule has 3 aromatic carbocycles. The molecule has 1 aliphatic rings. The maximum absolute atomic E-state index is 12.4. The average Bonchev–Trinajstić information content (AvgIpc) is 3.63. The average molecular weight is 415 g/mol. The molecule has 0 unspecified atom stereocenters. The highest BCUT2D eigenvalue weighted by atomic mass is 16.5. The van der Waals surface area contributed by atoms with Crippen LogP contribution in [0.5, 0.6) is 5.75 Å². The van der Waals surface area contributed by atoms with Crippen molar-refractivity contribution in [2.45, 2.75) is 19.4 Å². The number of amides is 3. The molecule has 4 rings (SSSR count). The van der Waals surface area contributed by atoms with Crippen molar-refractivity contribution in [2.24, 2.45) is 5.92 Å². The predicted octanol–water partition coefficient (Wildman–Crippen LogP) is 5.05. The Bertz CT molecular complexity index is 1030. The fourth-order valence-electron chi connectivity index (χ4n) is 3.10. The third-order valence-electron chi connectivity index (χ3n) is 5.03. The lowest BCUT2D eigenvalue weighted by Crippen LogP contribution is -2.27. The summed E-state index contributed by atoms with van der Waals surface area (Å²) in [4.78, 5) is 24.9. The van der Waals surface area contributed by atoms with E-state index in [1.165, 1.54) is 12.8 Å². The second-order valence-corrected chi connectivity index (χ2v) is 7.58. The van der Waals surface area contributed by atoms with E-state index >= 15 is 0 Å². The highest BCUT2D eigenvalue weighted by Crippen LogP contribution is 2.28. The Labute approximate surface area is 181 Å². The van der Waals surface area contributed by atoms with Crippen LogP contribution in [0.25, 0.3) is 0 Å². The van der Waals surface area contributed by atoms with Crippen molar-refractivity contribution in [3.63, 3.8) is 0 Å². The quantitative estimate of drug-likeness (QED) is 0.482. The van der Waals surface area contributed by atoms with Crippen molar-refractivity contribution < 1.29 is 14.3 Å². The molecule has 0 spiro atoms. The number of carbonyl (C=O) groups excluding carboxylic acids is 2. The van der Waals surface area contributed by atoms with Gasteiger partial charge in [-0.3, -0.25) is 4.79 Å². The first kappa shape index (κ1) is 20.5. The van der Waals surface area contributed by atoms with E-state index in [2.05, 4.69) is 16.0 Å². The second kappa shape index (κ2) is 9.80. The summed E-state index contributed by atoms with van der Waals surface area (Å²) in [7, 11) is 0. The van der Waals surface area contributed by atoms with Crippen LogP contribution in [0.3, 0.4) is 0 Å². The summed E-state index contributed by atoms with van der Waals surface area (Å²) in [6.45, 7) is 1.16. The normalized spacial score (nSPS) is 12.6. The van der Waals surface area contributed by atoms with Crippen LogP contribution in [-0.4, -0.2) is 18.5 Å². The summed E-state index contributed by atoms with van der Waals surface area (Å²) in [5, 5.41) is 8.47. The predicted molar refractivity (Wildman–Crippen MR) is 121 cm³/mol. The van der Waals surface area contributed by atoms with Crippen molar-refractivity contribution in [2.75, 3.05) is 17.2 Å². The number of nitrogens with one attached hydrogen (secondary N) is 3. The van der Waals surface area contributed by atoms with Gasteiger partial charge in [0.1, 0.15) is 12.4 Å². The van der Waals surface area contributed by atoms with Crippen LogP contribution in [-0.2, 0) is 6.61 Å². The van der Waals surface area contributed by atoms with E-state index in [1.54, 1.807) is 48.5 Å².